The van der Waals surface area contributed by atoms with E-state index >= 15 is 0 Å². The fraction of sp³-hybridized carbons (Fsp3) is 0.185. The quantitative estimate of drug-likeness (QED) is 0.464. The minimum atomic E-state index is -0.758. The molecule has 0 heterocycles. The molecule has 0 bridgehead atoms. The second-order valence-corrected chi connectivity index (χ2v) is 8.00. The summed E-state index contributed by atoms with van der Waals surface area (Å²) in [6.07, 6.45) is 0.151. The molecular weight excluding hydrogens is 446 g/mol. The van der Waals surface area contributed by atoms with Crippen LogP contribution in [0.2, 0.25) is 0 Å². The van der Waals surface area contributed by atoms with E-state index in [1.165, 1.54) is 18.0 Å². The van der Waals surface area contributed by atoms with Gasteiger partial charge in [0.25, 0.3) is 5.91 Å². The van der Waals surface area contributed by atoms with E-state index in [4.69, 9.17) is 4.74 Å². The summed E-state index contributed by atoms with van der Waals surface area (Å²) in [4.78, 5) is 50.7. The topological polar surface area (TPSA) is 105 Å². The van der Waals surface area contributed by atoms with E-state index in [9.17, 15) is 19.2 Å². The summed E-state index contributed by atoms with van der Waals surface area (Å²) in [5, 5.41) is 5.42. The van der Waals surface area contributed by atoms with Crippen molar-refractivity contribution < 1.29 is 23.9 Å². The van der Waals surface area contributed by atoms with Gasteiger partial charge in [0.1, 0.15) is 0 Å². The monoisotopic (exact) mass is 473 g/mol. The lowest BCUT2D eigenvalue weighted by molar-refractivity contribution is -0.136. The van der Waals surface area contributed by atoms with Gasteiger partial charge in [0.2, 0.25) is 11.8 Å². The Kier molecular flexibility index (Phi) is 8.72. The zero-order valence-corrected chi connectivity index (χ0v) is 19.6. The van der Waals surface area contributed by atoms with E-state index < -0.39 is 18.5 Å². The summed E-state index contributed by atoms with van der Waals surface area (Å²) < 4.78 is 5.15. The third-order valence-electron chi connectivity index (χ3n) is 5.10. The summed E-state index contributed by atoms with van der Waals surface area (Å²) >= 11 is 0. The molecule has 0 unspecified atom stereocenters. The van der Waals surface area contributed by atoms with Crippen molar-refractivity contribution in [3.05, 3.63) is 95.6 Å². The molecule has 0 aliphatic rings. The van der Waals surface area contributed by atoms with Gasteiger partial charge in [-0.3, -0.25) is 14.4 Å². The maximum Gasteiger partial charge on any atom is 0.340 e. The predicted molar refractivity (Wildman–Crippen MR) is 133 cm³/mol. The highest BCUT2D eigenvalue weighted by Gasteiger charge is 2.19. The van der Waals surface area contributed by atoms with Crippen molar-refractivity contribution in [3.8, 4) is 0 Å². The first kappa shape index (κ1) is 25.2. The van der Waals surface area contributed by atoms with Gasteiger partial charge < -0.3 is 20.3 Å². The number of hydrogen-bond acceptors (Lipinski definition) is 5. The second kappa shape index (κ2) is 12.1. The molecule has 8 heteroatoms. The second-order valence-electron chi connectivity index (χ2n) is 8.00. The lowest BCUT2D eigenvalue weighted by Crippen LogP contribution is -2.37. The van der Waals surface area contributed by atoms with Gasteiger partial charge in [0, 0.05) is 12.7 Å². The van der Waals surface area contributed by atoms with Crippen molar-refractivity contribution in [1.29, 1.82) is 0 Å². The normalized spacial score (nSPS) is 10.2. The number of nitrogens with zero attached hydrogens (tertiary/aromatic N) is 1. The molecule has 0 aromatic heterocycles. The average Bonchev–Trinajstić information content (AvgIpc) is 2.84. The number of likely N-dealkylation sites (N-methyl/N-ethyl adjacent to an activating group) is 1. The standard InChI is InChI=1S/C27H27N3O5/c1-19-12-14-21(15-13-19)28-25(32)17-30(2)26(33)18-35-27(34)22-10-6-7-11-23(22)29-24(31)16-20-8-4-3-5-9-20/h3-15H,16-18H2,1-2H3,(H,28,32)(H,29,31). The number of esters is 1. The molecule has 0 aliphatic heterocycles. The van der Waals surface area contributed by atoms with Crippen LogP contribution in [0.3, 0.4) is 0 Å². The van der Waals surface area contributed by atoms with Crippen LogP contribution in [0.15, 0.2) is 78.9 Å². The smallest absolute Gasteiger partial charge is 0.340 e. The number of ether oxygens (including phenoxy) is 1. The van der Waals surface area contributed by atoms with Crippen molar-refractivity contribution in [2.75, 3.05) is 30.8 Å². The Morgan fingerprint density at radius 2 is 1.46 bits per heavy atom. The number of rotatable bonds is 9. The Bertz CT molecular complexity index is 1190. The Hall–Kier alpha value is -4.46. The maximum atomic E-state index is 12.6. The van der Waals surface area contributed by atoms with Gasteiger partial charge in [-0.25, -0.2) is 4.79 Å². The van der Waals surface area contributed by atoms with Crippen molar-refractivity contribution in [1.82, 2.24) is 4.90 Å². The van der Waals surface area contributed by atoms with E-state index in [2.05, 4.69) is 10.6 Å². The fourth-order valence-electron chi connectivity index (χ4n) is 3.20. The van der Waals surface area contributed by atoms with Crippen LogP contribution in [-0.4, -0.2) is 48.8 Å². The van der Waals surface area contributed by atoms with Crippen molar-refractivity contribution in [2.24, 2.45) is 0 Å². The molecule has 0 atom stereocenters. The van der Waals surface area contributed by atoms with Gasteiger partial charge in [-0.1, -0.05) is 60.2 Å². The predicted octanol–water partition coefficient (Wildman–Crippen LogP) is 3.43. The highest BCUT2D eigenvalue weighted by Crippen LogP contribution is 2.17. The van der Waals surface area contributed by atoms with Crippen LogP contribution in [0.5, 0.6) is 0 Å². The molecule has 0 saturated carbocycles. The van der Waals surface area contributed by atoms with Gasteiger partial charge in [-0.15, -0.1) is 0 Å². The number of amides is 3. The summed E-state index contributed by atoms with van der Waals surface area (Å²) in [5.74, 6) is -1.95. The lowest BCUT2D eigenvalue weighted by atomic mass is 10.1. The van der Waals surface area contributed by atoms with Gasteiger partial charge >= 0.3 is 5.97 Å². The number of carbonyl (C=O) groups is 4. The molecule has 180 valence electrons. The summed E-state index contributed by atoms with van der Waals surface area (Å²) in [6.45, 7) is 1.20. The van der Waals surface area contributed by atoms with Crippen LogP contribution in [0.25, 0.3) is 0 Å². The maximum absolute atomic E-state index is 12.6. The molecule has 0 spiro atoms. The van der Waals surface area contributed by atoms with Gasteiger partial charge in [0.05, 0.1) is 24.2 Å². The molecule has 2 N–H and O–H groups in total. The molecule has 35 heavy (non-hydrogen) atoms. The molecule has 0 saturated heterocycles. The lowest BCUT2D eigenvalue weighted by Gasteiger charge is -2.17. The molecular formula is C27H27N3O5. The number of hydrogen-bond donors (Lipinski definition) is 2. The number of nitrogens with one attached hydrogen (secondary N) is 2. The first-order chi connectivity index (χ1) is 16.8. The van der Waals surface area contributed by atoms with E-state index in [0.717, 1.165) is 11.1 Å². The van der Waals surface area contributed by atoms with Gasteiger partial charge in [-0.2, -0.15) is 0 Å². The number of benzene rings is 3. The molecule has 0 radical (unpaired) electrons. The highest BCUT2D eigenvalue weighted by atomic mass is 16.5. The van der Waals surface area contributed by atoms with Crippen LogP contribution in [0.4, 0.5) is 11.4 Å². The number of aryl methyl sites for hydroxylation is 1. The third kappa shape index (κ3) is 7.82. The van der Waals surface area contributed by atoms with Crippen molar-refractivity contribution in [3.63, 3.8) is 0 Å². The van der Waals surface area contributed by atoms with Crippen molar-refractivity contribution >= 4 is 35.1 Å². The molecule has 3 aromatic rings. The van der Waals surface area contributed by atoms with Crippen LogP contribution in [0.1, 0.15) is 21.5 Å². The number of carbonyl (C=O) groups excluding carboxylic acids is 4. The first-order valence-electron chi connectivity index (χ1n) is 11.0. The van der Waals surface area contributed by atoms with Crippen LogP contribution < -0.4 is 10.6 Å². The summed E-state index contributed by atoms with van der Waals surface area (Å²) in [7, 11) is 1.45. The van der Waals surface area contributed by atoms with E-state index in [1.54, 1.807) is 30.3 Å². The van der Waals surface area contributed by atoms with Gasteiger partial charge in [-0.05, 0) is 36.8 Å². The largest absolute Gasteiger partial charge is 0.452 e. The first-order valence-corrected chi connectivity index (χ1v) is 11.0. The minimum Gasteiger partial charge on any atom is -0.452 e. The SMILES string of the molecule is Cc1ccc(NC(=O)CN(C)C(=O)COC(=O)c2ccccc2NC(=O)Cc2ccccc2)cc1. The number of anilines is 2. The zero-order chi connectivity index (χ0) is 25.2. The highest BCUT2D eigenvalue weighted by molar-refractivity contribution is 6.02. The molecule has 3 aromatic carbocycles. The molecule has 0 fully saturated rings. The van der Waals surface area contributed by atoms with E-state index in [1.807, 2.05) is 49.4 Å². The number of para-hydroxylation sites is 1. The fourth-order valence-corrected chi connectivity index (χ4v) is 3.20. The Morgan fingerprint density at radius 1 is 0.800 bits per heavy atom. The molecule has 8 nitrogen and oxygen atoms in total. The van der Waals surface area contributed by atoms with Crippen LogP contribution in [0, 0.1) is 6.92 Å². The van der Waals surface area contributed by atoms with E-state index in [0.29, 0.717) is 5.69 Å². The summed E-state index contributed by atoms with van der Waals surface area (Å²) in [6, 6.07) is 22.9. The average molecular weight is 474 g/mol. The van der Waals surface area contributed by atoms with E-state index in [-0.39, 0.29) is 36.0 Å². The zero-order valence-electron chi connectivity index (χ0n) is 19.6. The van der Waals surface area contributed by atoms with Crippen LogP contribution >= 0.6 is 0 Å². The summed E-state index contributed by atoms with van der Waals surface area (Å²) in [5.41, 5.74) is 2.94. The minimum absolute atomic E-state index is 0.126. The molecule has 3 amide bonds. The third-order valence-corrected chi connectivity index (χ3v) is 5.10. The van der Waals surface area contributed by atoms with Crippen molar-refractivity contribution in [2.45, 2.75) is 13.3 Å². The molecule has 0 aliphatic carbocycles. The van der Waals surface area contributed by atoms with Crippen LogP contribution in [-0.2, 0) is 25.5 Å². The Labute approximate surface area is 203 Å². The van der Waals surface area contributed by atoms with Gasteiger partial charge in [0.15, 0.2) is 6.61 Å². The molecule has 3 rings (SSSR count). The Morgan fingerprint density at radius 3 is 2.17 bits per heavy atom. The Balaban J connectivity index is 1.51.